The van der Waals surface area contributed by atoms with Crippen LogP contribution < -0.4 is 0 Å². The Balaban J connectivity index is 1.27. The van der Waals surface area contributed by atoms with E-state index in [2.05, 4.69) is 16.8 Å². The average Bonchev–Trinajstić information content (AvgIpc) is 2.36. The third kappa shape index (κ3) is 2.15. The maximum atomic E-state index is 2.85. The van der Waals surface area contributed by atoms with Crippen molar-refractivity contribution in [1.82, 2.24) is 9.80 Å². The minimum absolute atomic E-state index is 0.767. The molecule has 2 saturated heterocycles. The first-order valence-corrected chi connectivity index (χ1v) is 8.62. The maximum Gasteiger partial charge on any atom is 0.0106 e. The summed E-state index contributed by atoms with van der Waals surface area (Å²) in [5.74, 6) is 0. The highest BCUT2D eigenvalue weighted by Gasteiger charge is 2.49. The molecule has 2 heterocycles. The molecule has 0 atom stereocenters. The Kier molecular flexibility index (Phi) is 2.97. The van der Waals surface area contributed by atoms with Crippen LogP contribution in [-0.4, -0.2) is 49.1 Å². The standard InChI is InChI=1S/C17H30N2/c1-18-9-5-17(6-10-18)13-15(14-17)19-11-7-16(8-12-19)3-2-4-16/h15H,2-14H2,1H3. The van der Waals surface area contributed by atoms with Crippen LogP contribution in [0, 0.1) is 10.8 Å². The van der Waals surface area contributed by atoms with Crippen LogP contribution in [0.3, 0.4) is 0 Å². The van der Waals surface area contributed by atoms with Gasteiger partial charge in [-0.15, -0.1) is 0 Å². The van der Waals surface area contributed by atoms with Gasteiger partial charge in [-0.2, -0.15) is 0 Å². The first kappa shape index (κ1) is 12.6. The largest absolute Gasteiger partial charge is 0.306 e. The lowest BCUT2D eigenvalue weighted by molar-refractivity contribution is -0.0680. The molecule has 4 fully saturated rings. The van der Waals surface area contributed by atoms with Crippen LogP contribution in [-0.2, 0) is 0 Å². The van der Waals surface area contributed by atoms with E-state index in [9.17, 15) is 0 Å². The number of hydrogen-bond acceptors (Lipinski definition) is 2. The fraction of sp³-hybridized carbons (Fsp3) is 1.00. The minimum atomic E-state index is 0.767. The van der Waals surface area contributed by atoms with E-state index in [4.69, 9.17) is 0 Å². The van der Waals surface area contributed by atoms with Crippen LogP contribution in [0.1, 0.15) is 57.8 Å². The monoisotopic (exact) mass is 262 g/mol. The van der Waals surface area contributed by atoms with Gasteiger partial charge in [0.25, 0.3) is 0 Å². The third-order valence-corrected chi connectivity index (χ3v) is 7.17. The highest BCUT2D eigenvalue weighted by Crippen LogP contribution is 2.54. The number of piperidine rings is 2. The molecule has 0 unspecified atom stereocenters. The minimum Gasteiger partial charge on any atom is -0.306 e. The molecule has 2 spiro atoms. The van der Waals surface area contributed by atoms with E-state index >= 15 is 0 Å². The molecule has 2 aliphatic heterocycles. The second-order valence-corrected chi connectivity index (χ2v) is 8.25. The van der Waals surface area contributed by atoms with Gasteiger partial charge >= 0.3 is 0 Å². The Hall–Kier alpha value is -0.0800. The average molecular weight is 262 g/mol. The molecule has 2 saturated carbocycles. The molecule has 0 N–H and O–H groups in total. The maximum absolute atomic E-state index is 2.85. The van der Waals surface area contributed by atoms with Crippen LogP contribution in [0.2, 0.25) is 0 Å². The van der Waals surface area contributed by atoms with Crippen LogP contribution >= 0.6 is 0 Å². The molecule has 0 aromatic carbocycles. The van der Waals surface area contributed by atoms with E-state index in [1.165, 1.54) is 71.1 Å². The highest BCUT2D eigenvalue weighted by molar-refractivity contribution is 5.03. The summed E-state index contributed by atoms with van der Waals surface area (Å²) in [7, 11) is 2.28. The van der Waals surface area contributed by atoms with Crippen molar-refractivity contribution in [3.05, 3.63) is 0 Å². The second-order valence-electron chi connectivity index (χ2n) is 8.25. The molecular weight excluding hydrogens is 232 g/mol. The van der Waals surface area contributed by atoms with Gasteiger partial charge in [0.15, 0.2) is 0 Å². The number of rotatable bonds is 1. The number of hydrogen-bond donors (Lipinski definition) is 0. The summed E-state index contributed by atoms with van der Waals surface area (Å²) in [4.78, 5) is 5.37. The van der Waals surface area contributed by atoms with E-state index < -0.39 is 0 Å². The lowest BCUT2D eigenvalue weighted by atomic mass is 9.58. The summed E-state index contributed by atoms with van der Waals surface area (Å²) in [5.41, 5.74) is 1.59. The number of nitrogens with zero attached hydrogens (tertiary/aromatic N) is 2. The Bertz CT molecular complexity index is 321. The van der Waals surface area contributed by atoms with Crippen LogP contribution in [0.25, 0.3) is 0 Å². The van der Waals surface area contributed by atoms with E-state index in [0.29, 0.717) is 0 Å². The summed E-state index contributed by atoms with van der Waals surface area (Å²) in [6.45, 7) is 5.52. The van der Waals surface area contributed by atoms with E-state index in [1.807, 2.05) is 0 Å². The summed E-state index contributed by atoms with van der Waals surface area (Å²) in [6, 6.07) is 0.959. The van der Waals surface area contributed by atoms with Gasteiger partial charge in [-0.1, -0.05) is 6.42 Å². The fourth-order valence-electron chi connectivity index (χ4n) is 5.24. The molecule has 4 aliphatic rings. The van der Waals surface area contributed by atoms with Crippen molar-refractivity contribution in [1.29, 1.82) is 0 Å². The molecule has 4 rings (SSSR count). The molecule has 2 nitrogen and oxygen atoms in total. The van der Waals surface area contributed by atoms with Gasteiger partial charge in [0, 0.05) is 6.04 Å². The lowest BCUT2D eigenvalue weighted by Gasteiger charge is -2.58. The molecule has 0 amide bonds. The zero-order chi connectivity index (χ0) is 12.9. The van der Waals surface area contributed by atoms with Gasteiger partial charge < -0.3 is 9.80 Å². The smallest absolute Gasteiger partial charge is 0.0106 e. The normalized spacial score (nSPS) is 35.2. The topological polar surface area (TPSA) is 6.48 Å². The zero-order valence-electron chi connectivity index (χ0n) is 12.7. The van der Waals surface area contributed by atoms with Gasteiger partial charge in [-0.25, -0.2) is 0 Å². The van der Waals surface area contributed by atoms with Crippen molar-refractivity contribution in [2.24, 2.45) is 10.8 Å². The molecule has 108 valence electrons. The van der Waals surface area contributed by atoms with E-state index in [0.717, 1.165) is 16.9 Å². The van der Waals surface area contributed by atoms with Crippen molar-refractivity contribution >= 4 is 0 Å². The van der Waals surface area contributed by atoms with E-state index in [-0.39, 0.29) is 0 Å². The van der Waals surface area contributed by atoms with Crippen molar-refractivity contribution in [3.8, 4) is 0 Å². The molecule has 0 bridgehead atoms. The SMILES string of the molecule is CN1CCC2(CC1)CC(N1CCC3(CCC3)CC1)C2. The zero-order valence-corrected chi connectivity index (χ0v) is 12.7. The van der Waals surface area contributed by atoms with Crippen molar-refractivity contribution < 1.29 is 0 Å². The van der Waals surface area contributed by atoms with Gasteiger partial charge in [0.05, 0.1) is 0 Å². The second kappa shape index (κ2) is 4.46. The van der Waals surface area contributed by atoms with Crippen LogP contribution in [0.5, 0.6) is 0 Å². The number of likely N-dealkylation sites (tertiary alicyclic amines) is 2. The first-order valence-electron chi connectivity index (χ1n) is 8.62. The molecule has 19 heavy (non-hydrogen) atoms. The van der Waals surface area contributed by atoms with Crippen LogP contribution in [0.4, 0.5) is 0 Å². The van der Waals surface area contributed by atoms with Crippen molar-refractivity contribution in [3.63, 3.8) is 0 Å². The van der Waals surface area contributed by atoms with Gasteiger partial charge in [-0.05, 0) is 95.4 Å². The molecule has 0 radical (unpaired) electrons. The third-order valence-electron chi connectivity index (χ3n) is 7.17. The Morgan fingerprint density at radius 2 is 1.32 bits per heavy atom. The fourth-order valence-corrected chi connectivity index (χ4v) is 5.24. The first-order chi connectivity index (χ1) is 9.19. The summed E-state index contributed by atoms with van der Waals surface area (Å²) in [6.07, 6.45) is 13.6. The lowest BCUT2D eigenvalue weighted by Crippen LogP contribution is -2.57. The summed E-state index contributed by atoms with van der Waals surface area (Å²) >= 11 is 0. The van der Waals surface area contributed by atoms with E-state index in [1.54, 1.807) is 12.8 Å². The highest BCUT2D eigenvalue weighted by atomic mass is 15.2. The van der Waals surface area contributed by atoms with Crippen molar-refractivity contribution in [2.45, 2.75) is 63.8 Å². The molecule has 2 aliphatic carbocycles. The molecule has 0 aromatic heterocycles. The quantitative estimate of drug-likeness (QED) is 0.716. The molecule has 0 aromatic rings. The predicted molar refractivity (Wildman–Crippen MR) is 79.3 cm³/mol. The Labute approximate surface area is 118 Å². The summed E-state index contributed by atoms with van der Waals surface area (Å²) < 4.78 is 0. The Morgan fingerprint density at radius 3 is 1.84 bits per heavy atom. The van der Waals surface area contributed by atoms with Crippen LogP contribution in [0.15, 0.2) is 0 Å². The molecular formula is C17H30N2. The van der Waals surface area contributed by atoms with Gasteiger partial charge in [0.1, 0.15) is 0 Å². The van der Waals surface area contributed by atoms with Gasteiger partial charge in [-0.3, -0.25) is 0 Å². The molecule has 2 heteroatoms. The van der Waals surface area contributed by atoms with Gasteiger partial charge in [0.2, 0.25) is 0 Å². The predicted octanol–water partition coefficient (Wildman–Crippen LogP) is 3.13. The van der Waals surface area contributed by atoms with Crippen molar-refractivity contribution in [2.75, 3.05) is 33.2 Å². The Morgan fingerprint density at radius 1 is 0.737 bits per heavy atom. The summed E-state index contributed by atoms with van der Waals surface area (Å²) in [5, 5.41) is 0.